The maximum atomic E-state index is 12.8. The second kappa shape index (κ2) is 3.37. The summed E-state index contributed by atoms with van der Waals surface area (Å²) in [6.45, 7) is 0. The first-order valence-electron chi connectivity index (χ1n) is 2.81. The van der Waals surface area contributed by atoms with Crippen LogP contribution in [0.2, 0.25) is 5.02 Å². The molecule has 0 spiro atoms. The molecule has 3 nitrogen and oxygen atoms in total. The molecule has 0 aromatic heterocycles. The van der Waals surface area contributed by atoms with Gasteiger partial charge in [-0.05, 0) is 22.0 Å². The number of nitro benzene ring substituents is 1. The quantitative estimate of drug-likeness (QED) is 0.439. The first kappa shape index (κ1) is 9.41. The largest absolute Gasteiger partial charge is 0.287 e. The minimum absolute atomic E-state index is 0.00222. The van der Waals surface area contributed by atoms with Crippen molar-refractivity contribution >= 4 is 33.2 Å². The van der Waals surface area contributed by atoms with Crippen LogP contribution < -0.4 is 0 Å². The van der Waals surface area contributed by atoms with Gasteiger partial charge >= 0.3 is 0 Å². The minimum Gasteiger partial charge on any atom is -0.258 e. The summed E-state index contributed by atoms with van der Waals surface area (Å²) in [7, 11) is 0. The summed E-state index contributed by atoms with van der Waals surface area (Å²) in [5.41, 5.74) is -0.375. The Bertz CT molecular complexity index is 345. The molecule has 0 atom stereocenters. The van der Waals surface area contributed by atoms with Gasteiger partial charge in [-0.3, -0.25) is 10.1 Å². The van der Waals surface area contributed by atoms with Gasteiger partial charge in [0.15, 0.2) is 0 Å². The summed E-state index contributed by atoms with van der Waals surface area (Å²) < 4.78 is 12.6. The van der Waals surface area contributed by atoms with E-state index in [-0.39, 0.29) is 15.2 Å². The predicted octanol–water partition coefficient (Wildman–Crippen LogP) is 3.15. The summed E-state index contributed by atoms with van der Waals surface area (Å²) in [4.78, 5) is 9.57. The summed E-state index contributed by atoms with van der Waals surface area (Å²) in [5.74, 6) is -0.741. The van der Waals surface area contributed by atoms with E-state index in [4.69, 9.17) is 11.6 Å². The van der Waals surface area contributed by atoms with Gasteiger partial charge < -0.3 is 0 Å². The maximum absolute atomic E-state index is 12.8. The van der Waals surface area contributed by atoms with Gasteiger partial charge in [-0.25, -0.2) is 4.39 Å². The molecular formula is C6H2BrClFNO2. The van der Waals surface area contributed by atoms with E-state index in [0.29, 0.717) is 0 Å². The van der Waals surface area contributed by atoms with Crippen LogP contribution in [0.15, 0.2) is 16.6 Å². The minimum atomic E-state index is -0.741. The highest BCUT2D eigenvalue weighted by Gasteiger charge is 2.16. The third-order valence-electron chi connectivity index (χ3n) is 1.17. The molecule has 0 bridgehead atoms. The van der Waals surface area contributed by atoms with Crippen LogP contribution in [0.4, 0.5) is 10.1 Å². The van der Waals surface area contributed by atoms with E-state index in [1.54, 1.807) is 0 Å². The van der Waals surface area contributed by atoms with Gasteiger partial charge in [0.25, 0.3) is 5.69 Å². The Hall–Kier alpha value is -0.680. The molecule has 1 rings (SSSR count). The van der Waals surface area contributed by atoms with Gasteiger partial charge in [0.1, 0.15) is 10.3 Å². The fourth-order valence-corrected chi connectivity index (χ4v) is 1.25. The Labute approximate surface area is 80.4 Å². The number of hydrogen-bond donors (Lipinski definition) is 0. The summed E-state index contributed by atoms with van der Waals surface area (Å²) in [6.07, 6.45) is 0. The summed E-state index contributed by atoms with van der Waals surface area (Å²) in [6, 6.07) is 2.08. The van der Waals surface area contributed by atoms with E-state index in [9.17, 15) is 14.5 Å². The van der Waals surface area contributed by atoms with E-state index >= 15 is 0 Å². The highest BCUT2D eigenvalue weighted by molar-refractivity contribution is 9.10. The lowest BCUT2D eigenvalue weighted by molar-refractivity contribution is -0.385. The molecule has 0 aliphatic carbocycles. The summed E-state index contributed by atoms with van der Waals surface area (Å²) >= 11 is 8.14. The van der Waals surface area contributed by atoms with Crippen LogP contribution in [0.3, 0.4) is 0 Å². The molecule has 0 unspecified atom stereocenters. The molecule has 0 aliphatic rings. The van der Waals surface area contributed by atoms with Crippen molar-refractivity contribution in [2.75, 3.05) is 0 Å². The Morgan fingerprint density at radius 3 is 2.67 bits per heavy atom. The fraction of sp³-hybridized carbons (Fsp3) is 0. The SMILES string of the molecule is O=[N+]([O-])c1cc(Cl)cc(F)c1Br. The van der Waals surface area contributed by atoms with Crippen LogP contribution in [-0.2, 0) is 0 Å². The molecule has 0 saturated carbocycles. The lowest BCUT2D eigenvalue weighted by atomic mass is 10.3. The maximum Gasteiger partial charge on any atom is 0.287 e. The van der Waals surface area contributed by atoms with Crippen molar-refractivity contribution in [3.63, 3.8) is 0 Å². The fourth-order valence-electron chi connectivity index (χ4n) is 0.675. The van der Waals surface area contributed by atoms with Crippen molar-refractivity contribution in [1.82, 2.24) is 0 Å². The van der Waals surface area contributed by atoms with Crippen molar-refractivity contribution in [1.29, 1.82) is 0 Å². The number of nitrogens with zero attached hydrogens (tertiary/aromatic N) is 1. The third-order valence-corrected chi connectivity index (χ3v) is 2.17. The lowest BCUT2D eigenvalue weighted by Crippen LogP contribution is -1.91. The zero-order valence-corrected chi connectivity index (χ0v) is 7.89. The molecule has 0 aliphatic heterocycles. The molecule has 1 aromatic carbocycles. The van der Waals surface area contributed by atoms with Gasteiger partial charge in [-0.2, -0.15) is 0 Å². The van der Waals surface area contributed by atoms with Crippen molar-refractivity contribution < 1.29 is 9.31 Å². The Morgan fingerprint density at radius 1 is 1.58 bits per heavy atom. The van der Waals surface area contributed by atoms with Crippen molar-refractivity contribution in [2.45, 2.75) is 0 Å². The molecule has 0 saturated heterocycles. The first-order valence-corrected chi connectivity index (χ1v) is 3.98. The average Bonchev–Trinajstić information content (AvgIpc) is 1.96. The number of halogens is 3. The molecule has 64 valence electrons. The first-order chi connectivity index (χ1) is 5.52. The zero-order chi connectivity index (χ0) is 9.30. The van der Waals surface area contributed by atoms with Crippen LogP contribution in [0.5, 0.6) is 0 Å². The van der Waals surface area contributed by atoms with Gasteiger partial charge in [0.05, 0.1) is 9.95 Å². The Morgan fingerprint density at radius 2 is 2.17 bits per heavy atom. The van der Waals surface area contributed by atoms with Gasteiger partial charge in [-0.15, -0.1) is 0 Å². The standard InChI is InChI=1S/C6H2BrClFNO2/c7-6-4(9)1-3(8)2-5(6)10(11)12/h1-2H. The van der Waals surface area contributed by atoms with Crippen LogP contribution in [0, 0.1) is 15.9 Å². The van der Waals surface area contributed by atoms with E-state index < -0.39 is 10.7 Å². The van der Waals surface area contributed by atoms with Gasteiger partial charge in [0, 0.05) is 6.07 Å². The third kappa shape index (κ3) is 1.73. The van der Waals surface area contributed by atoms with Crippen molar-refractivity contribution in [3.8, 4) is 0 Å². The van der Waals surface area contributed by atoms with Gasteiger partial charge in [0.2, 0.25) is 0 Å². The van der Waals surface area contributed by atoms with E-state index in [1.165, 1.54) is 0 Å². The summed E-state index contributed by atoms with van der Waals surface area (Å²) in [5, 5.41) is 10.3. The second-order valence-electron chi connectivity index (χ2n) is 1.98. The van der Waals surface area contributed by atoms with Gasteiger partial charge in [-0.1, -0.05) is 11.6 Å². The van der Waals surface area contributed by atoms with Crippen LogP contribution in [-0.4, -0.2) is 4.92 Å². The van der Waals surface area contributed by atoms with Crippen LogP contribution >= 0.6 is 27.5 Å². The number of hydrogen-bond acceptors (Lipinski definition) is 2. The predicted molar refractivity (Wildman–Crippen MR) is 45.8 cm³/mol. The highest BCUT2D eigenvalue weighted by atomic mass is 79.9. The number of nitro groups is 1. The monoisotopic (exact) mass is 253 g/mol. The lowest BCUT2D eigenvalue weighted by Gasteiger charge is -1.97. The van der Waals surface area contributed by atoms with Crippen molar-refractivity contribution in [3.05, 3.63) is 37.6 Å². The number of rotatable bonds is 1. The second-order valence-corrected chi connectivity index (χ2v) is 3.21. The van der Waals surface area contributed by atoms with E-state index in [1.807, 2.05) is 0 Å². The highest BCUT2D eigenvalue weighted by Crippen LogP contribution is 2.30. The average molecular weight is 254 g/mol. The molecule has 12 heavy (non-hydrogen) atoms. The van der Waals surface area contributed by atoms with E-state index in [0.717, 1.165) is 12.1 Å². The Balaban J connectivity index is 3.37. The smallest absolute Gasteiger partial charge is 0.258 e. The molecule has 6 heteroatoms. The molecular weight excluding hydrogens is 252 g/mol. The molecule has 0 N–H and O–H groups in total. The molecule has 0 heterocycles. The van der Waals surface area contributed by atoms with Crippen molar-refractivity contribution in [2.24, 2.45) is 0 Å². The topological polar surface area (TPSA) is 43.1 Å². The molecule has 0 fully saturated rings. The normalized spacial score (nSPS) is 9.92. The number of benzene rings is 1. The van der Waals surface area contributed by atoms with Crippen LogP contribution in [0.1, 0.15) is 0 Å². The Kier molecular flexibility index (Phi) is 2.64. The molecule has 0 amide bonds. The zero-order valence-electron chi connectivity index (χ0n) is 5.55. The van der Waals surface area contributed by atoms with Crippen LogP contribution in [0.25, 0.3) is 0 Å². The van der Waals surface area contributed by atoms with E-state index in [2.05, 4.69) is 15.9 Å². The molecule has 0 radical (unpaired) electrons. The molecule has 1 aromatic rings.